The normalized spacial score (nSPS) is 14.2. The van der Waals surface area contributed by atoms with E-state index in [1.807, 2.05) is 0 Å². The van der Waals surface area contributed by atoms with Crippen LogP contribution in [0, 0.1) is 17.3 Å². The molecule has 0 fully saturated rings. The van der Waals surface area contributed by atoms with Gasteiger partial charge in [-0.1, -0.05) is 147 Å². The smallest absolute Gasteiger partial charge is 0.339 e. The SMILES string of the molecule is COC(=O)c1ccc(CC(=O)C[C@@](C)(c2ccc(CCC(C)(C)C)c(Cl)c2)C(CO[Si](c2ccccc2)(c2ccccc2)C(C)(C)C)C(C)C)nc1. The van der Waals surface area contributed by atoms with Gasteiger partial charge < -0.3 is 9.16 Å². The van der Waals surface area contributed by atoms with E-state index in [-0.39, 0.29) is 40.9 Å². The van der Waals surface area contributed by atoms with Crippen molar-refractivity contribution in [3.05, 3.63) is 125 Å². The quantitative estimate of drug-likeness (QED) is 0.0898. The fourth-order valence-corrected chi connectivity index (χ4v) is 12.5. The van der Waals surface area contributed by atoms with Crippen LogP contribution in [0.25, 0.3) is 0 Å². The maximum atomic E-state index is 14.2. The Bertz CT molecular complexity index is 1740. The first-order valence-electron chi connectivity index (χ1n) is 18.5. The lowest BCUT2D eigenvalue weighted by molar-refractivity contribution is -0.120. The summed E-state index contributed by atoms with van der Waals surface area (Å²) in [7, 11) is -1.52. The van der Waals surface area contributed by atoms with Gasteiger partial charge in [0.15, 0.2) is 0 Å². The minimum atomic E-state index is -2.86. The number of rotatable bonds is 15. The van der Waals surface area contributed by atoms with Gasteiger partial charge in [-0.05, 0) is 74.8 Å². The van der Waals surface area contributed by atoms with Crippen LogP contribution in [0.4, 0.5) is 0 Å². The number of ether oxygens (including phenoxy) is 1. The third-order valence-electron chi connectivity index (χ3n) is 10.6. The maximum absolute atomic E-state index is 14.2. The fourth-order valence-electron chi connectivity index (χ4n) is 7.59. The van der Waals surface area contributed by atoms with Crippen molar-refractivity contribution in [1.29, 1.82) is 0 Å². The highest BCUT2D eigenvalue weighted by atomic mass is 35.5. The zero-order valence-corrected chi connectivity index (χ0v) is 34.6. The zero-order valence-electron chi connectivity index (χ0n) is 32.9. The van der Waals surface area contributed by atoms with Gasteiger partial charge in [-0.15, -0.1) is 0 Å². The number of aryl methyl sites for hydroxylation is 1. The van der Waals surface area contributed by atoms with Gasteiger partial charge in [0.05, 0.1) is 12.7 Å². The van der Waals surface area contributed by atoms with E-state index < -0.39 is 19.7 Å². The number of aromatic nitrogens is 1. The van der Waals surface area contributed by atoms with E-state index in [9.17, 15) is 9.59 Å². The lowest BCUT2D eigenvalue weighted by atomic mass is 9.64. The number of Topliss-reactive ketones (excluding diaryl/α,β-unsaturated/α-hetero) is 1. The van der Waals surface area contributed by atoms with E-state index in [1.54, 1.807) is 12.1 Å². The molecule has 52 heavy (non-hydrogen) atoms. The molecule has 0 bridgehead atoms. The first kappa shape index (κ1) is 41.2. The number of ketones is 1. The minimum Gasteiger partial charge on any atom is -0.465 e. The average molecular weight is 741 g/mol. The van der Waals surface area contributed by atoms with E-state index in [0.29, 0.717) is 17.9 Å². The molecule has 7 heteroatoms. The monoisotopic (exact) mass is 739 g/mol. The van der Waals surface area contributed by atoms with Gasteiger partial charge >= 0.3 is 5.97 Å². The Balaban J connectivity index is 1.79. The predicted octanol–water partition coefficient (Wildman–Crippen LogP) is 9.81. The summed E-state index contributed by atoms with van der Waals surface area (Å²) >= 11 is 7.08. The van der Waals surface area contributed by atoms with E-state index in [4.69, 9.17) is 20.8 Å². The zero-order chi connectivity index (χ0) is 38.3. The molecule has 1 heterocycles. The van der Waals surface area contributed by atoms with Crippen LogP contribution < -0.4 is 10.4 Å². The third kappa shape index (κ3) is 9.69. The number of pyridine rings is 1. The predicted molar refractivity (Wildman–Crippen MR) is 217 cm³/mol. The first-order valence-corrected chi connectivity index (χ1v) is 20.8. The van der Waals surface area contributed by atoms with Crippen LogP contribution in [0.3, 0.4) is 0 Å². The van der Waals surface area contributed by atoms with Crippen molar-refractivity contribution in [3.63, 3.8) is 0 Å². The summed E-state index contributed by atoms with van der Waals surface area (Å²) in [5, 5.41) is 2.99. The Morgan fingerprint density at radius 3 is 1.88 bits per heavy atom. The topological polar surface area (TPSA) is 65.5 Å². The molecule has 1 aromatic heterocycles. The number of benzene rings is 3. The van der Waals surface area contributed by atoms with Gasteiger partial charge in [-0.25, -0.2) is 4.79 Å². The number of carbonyl (C=O) groups excluding carboxylic acids is 2. The van der Waals surface area contributed by atoms with Gasteiger partial charge in [0, 0.05) is 41.8 Å². The summed E-state index contributed by atoms with van der Waals surface area (Å²) in [4.78, 5) is 30.6. The molecule has 1 unspecified atom stereocenters. The molecule has 0 amide bonds. The number of halogens is 1. The summed E-state index contributed by atoms with van der Waals surface area (Å²) in [6, 6.07) is 31.2. The summed E-state index contributed by atoms with van der Waals surface area (Å²) in [6.07, 6.45) is 3.80. The van der Waals surface area contributed by atoms with Crippen molar-refractivity contribution in [1.82, 2.24) is 4.98 Å². The van der Waals surface area contributed by atoms with Crippen LogP contribution in [0.1, 0.15) is 102 Å². The van der Waals surface area contributed by atoms with Crippen LogP contribution in [-0.2, 0) is 32.2 Å². The number of hydrogen-bond donors (Lipinski definition) is 0. The van der Waals surface area contributed by atoms with Gasteiger partial charge in [-0.3, -0.25) is 9.78 Å². The lowest BCUT2D eigenvalue weighted by Crippen LogP contribution is -2.67. The molecule has 0 aliphatic heterocycles. The molecule has 0 saturated carbocycles. The van der Waals surface area contributed by atoms with Crippen molar-refractivity contribution in [2.24, 2.45) is 17.3 Å². The molecule has 3 aromatic carbocycles. The number of methoxy groups -OCH3 is 1. The van der Waals surface area contributed by atoms with Gasteiger partial charge in [0.1, 0.15) is 5.78 Å². The first-order chi connectivity index (χ1) is 24.4. The highest BCUT2D eigenvalue weighted by Gasteiger charge is 2.51. The summed E-state index contributed by atoms with van der Waals surface area (Å²) in [6.45, 7) is 20.7. The molecule has 0 saturated heterocycles. The van der Waals surface area contributed by atoms with Crippen LogP contribution in [0.5, 0.6) is 0 Å². The second-order valence-electron chi connectivity index (χ2n) is 17.0. The number of esters is 1. The Labute approximate surface area is 318 Å². The largest absolute Gasteiger partial charge is 0.465 e. The Hall–Kier alpha value is -3.58. The van der Waals surface area contributed by atoms with Crippen LogP contribution in [-0.4, -0.2) is 38.8 Å². The highest BCUT2D eigenvalue weighted by molar-refractivity contribution is 6.99. The van der Waals surface area contributed by atoms with Crippen LogP contribution >= 0.6 is 11.6 Å². The molecule has 2 atom stereocenters. The van der Waals surface area contributed by atoms with E-state index in [2.05, 4.69) is 146 Å². The molecule has 278 valence electrons. The molecular formula is C45H58ClNO4Si. The number of carbonyl (C=O) groups is 2. The molecule has 0 spiro atoms. The van der Waals surface area contributed by atoms with E-state index in [0.717, 1.165) is 29.0 Å². The molecule has 4 aromatic rings. The summed E-state index contributed by atoms with van der Waals surface area (Å²) in [5.74, 6) is -0.261. The van der Waals surface area contributed by atoms with Crippen molar-refractivity contribution < 1.29 is 18.8 Å². The standard InChI is InChI=1S/C45H58ClNO4Si/c1-32(2)40(31-51-52(44(6,7)8,38-17-13-11-14-18-38)39-19-15-12-16-20-39)45(9,35-23-21-33(41(46)27-35)25-26-43(3,4)5)29-37(48)28-36-24-22-34(30-47-36)42(49)50-10/h11-24,27,30,32,40H,25-26,28-29,31H2,1-10H3/t40?,45-/m0/s1. The molecule has 0 radical (unpaired) electrons. The second kappa shape index (κ2) is 17.0. The van der Waals surface area contributed by atoms with Gasteiger partial charge in [0.25, 0.3) is 8.32 Å². The Morgan fingerprint density at radius 2 is 1.42 bits per heavy atom. The van der Waals surface area contributed by atoms with Crippen molar-refractivity contribution in [3.8, 4) is 0 Å². The fraction of sp³-hybridized carbons (Fsp3) is 0.444. The number of hydrogen-bond acceptors (Lipinski definition) is 5. The van der Waals surface area contributed by atoms with Crippen molar-refractivity contribution in [2.45, 2.75) is 98.5 Å². The van der Waals surface area contributed by atoms with E-state index in [1.165, 1.54) is 23.7 Å². The van der Waals surface area contributed by atoms with Gasteiger partial charge in [-0.2, -0.15) is 0 Å². The van der Waals surface area contributed by atoms with Crippen LogP contribution in [0.2, 0.25) is 10.1 Å². The number of nitrogens with zero attached hydrogens (tertiary/aromatic N) is 1. The molecule has 4 rings (SSSR count). The Kier molecular flexibility index (Phi) is 13.5. The van der Waals surface area contributed by atoms with E-state index >= 15 is 0 Å². The molecule has 0 aliphatic rings. The lowest BCUT2D eigenvalue weighted by Gasteiger charge is -2.47. The second-order valence-corrected chi connectivity index (χ2v) is 21.7. The van der Waals surface area contributed by atoms with Crippen molar-refractivity contribution in [2.75, 3.05) is 13.7 Å². The molecule has 0 N–H and O–H groups in total. The molecule has 5 nitrogen and oxygen atoms in total. The summed E-state index contributed by atoms with van der Waals surface area (Å²) in [5.41, 5.74) is 2.69. The average Bonchev–Trinajstić information content (AvgIpc) is 3.09. The van der Waals surface area contributed by atoms with Crippen LogP contribution in [0.15, 0.2) is 97.2 Å². The van der Waals surface area contributed by atoms with Gasteiger partial charge in [0.2, 0.25) is 0 Å². The van der Waals surface area contributed by atoms with Crippen molar-refractivity contribution >= 4 is 42.0 Å². The third-order valence-corrected chi connectivity index (χ3v) is 15.9. The maximum Gasteiger partial charge on any atom is 0.339 e. The molecule has 0 aliphatic carbocycles. The summed E-state index contributed by atoms with van der Waals surface area (Å²) < 4.78 is 12.4. The Morgan fingerprint density at radius 1 is 0.827 bits per heavy atom. The molecular weight excluding hydrogens is 682 g/mol. The minimum absolute atomic E-state index is 0.0377. The highest BCUT2D eigenvalue weighted by Crippen LogP contribution is 2.44.